The van der Waals surface area contributed by atoms with Gasteiger partial charge in [0, 0.05) is 11.1 Å². The van der Waals surface area contributed by atoms with Crippen LogP contribution in [0.2, 0.25) is 0 Å². The van der Waals surface area contributed by atoms with Gasteiger partial charge in [-0.2, -0.15) is 4.99 Å². The maximum atomic E-state index is 12.8. The Morgan fingerprint density at radius 1 is 1.09 bits per heavy atom. The highest BCUT2D eigenvalue weighted by atomic mass is 32.2. The van der Waals surface area contributed by atoms with Crippen LogP contribution in [0, 0.1) is 5.41 Å². The molecule has 0 fully saturated rings. The Labute approximate surface area is 206 Å². The summed E-state index contributed by atoms with van der Waals surface area (Å²) in [5.41, 5.74) is 1.02. The largest absolute Gasteiger partial charge is 0.493 e. The van der Waals surface area contributed by atoms with Crippen LogP contribution >= 0.6 is 11.8 Å². The lowest BCUT2D eigenvalue weighted by Gasteiger charge is -2.22. The lowest BCUT2D eigenvalue weighted by Crippen LogP contribution is -2.35. The van der Waals surface area contributed by atoms with Gasteiger partial charge in [-0.05, 0) is 55.8 Å². The number of thioether (sulfide) groups is 1. The smallest absolute Gasteiger partial charge is 0.343 e. The molecule has 0 bridgehead atoms. The molecule has 0 atom stereocenters. The average Bonchev–Trinajstić information content (AvgIpc) is 3.23. The summed E-state index contributed by atoms with van der Waals surface area (Å²) in [5, 5.41) is 8.92. The number of hydrogen-bond acceptors (Lipinski definition) is 8. The number of hydrogen-bond donors (Lipinski definition) is 1. The van der Waals surface area contributed by atoms with Gasteiger partial charge in [-0.15, -0.1) is 0 Å². The molecule has 2 heterocycles. The van der Waals surface area contributed by atoms with Crippen LogP contribution in [0.25, 0.3) is 6.08 Å². The molecule has 0 aromatic heterocycles. The summed E-state index contributed by atoms with van der Waals surface area (Å²) in [6, 6.07) is 9.62. The minimum Gasteiger partial charge on any atom is -0.493 e. The van der Waals surface area contributed by atoms with E-state index in [1.807, 2.05) is 6.92 Å². The Morgan fingerprint density at radius 2 is 1.83 bits per heavy atom. The van der Waals surface area contributed by atoms with E-state index >= 15 is 0 Å². The SMILES string of the molecule is CCOc1cc(/C=C2/C(=N)N3C=C(C)SC3=NC2=O)ccc1OC(=O)c1ccc(OC)c(OC)c1. The molecule has 1 N–H and O–H groups in total. The van der Waals surface area contributed by atoms with Crippen molar-refractivity contribution < 1.29 is 28.5 Å². The third-order valence-corrected chi connectivity index (χ3v) is 5.99. The van der Waals surface area contributed by atoms with Crippen molar-refractivity contribution >= 4 is 40.7 Å². The quantitative estimate of drug-likeness (QED) is 0.341. The van der Waals surface area contributed by atoms with Crippen LogP contribution in [0.1, 0.15) is 29.8 Å². The van der Waals surface area contributed by atoms with Gasteiger partial charge in [0.15, 0.2) is 28.2 Å². The van der Waals surface area contributed by atoms with Gasteiger partial charge in [-0.25, -0.2) is 4.79 Å². The molecule has 0 saturated heterocycles. The number of rotatable bonds is 7. The topological polar surface area (TPSA) is 111 Å². The number of ether oxygens (including phenoxy) is 4. The van der Waals surface area contributed by atoms with E-state index in [0.717, 1.165) is 4.91 Å². The summed E-state index contributed by atoms with van der Waals surface area (Å²) in [4.78, 5) is 31.9. The van der Waals surface area contributed by atoms with Gasteiger partial charge >= 0.3 is 5.97 Å². The first-order valence-corrected chi connectivity index (χ1v) is 11.5. The number of methoxy groups -OCH3 is 2. The predicted octanol–water partition coefficient (Wildman–Crippen LogP) is 4.49. The first-order valence-electron chi connectivity index (χ1n) is 10.6. The second-order valence-electron chi connectivity index (χ2n) is 7.42. The highest BCUT2D eigenvalue weighted by Crippen LogP contribution is 2.34. The molecule has 0 spiro atoms. The fraction of sp³-hybridized carbons (Fsp3) is 0.200. The second kappa shape index (κ2) is 10.1. The van der Waals surface area contributed by atoms with Crippen LogP contribution in [0.4, 0.5) is 0 Å². The Kier molecular flexibility index (Phi) is 6.92. The van der Waals surface area contributed by atoms with Crippen molar-refractivity contribution in [3.8, 4) is 23.0 Å². The van der Waals surface area contributed by atoms with Gasteiger partial charge in [-0.3, -0.25) is 15.1 Å². The van der Waals surface area contributed by atoms with Gasteiger partial charge < -0.3 is 18.9 Å². The molecule has 2 aliphatic heterocycles. The first-order chi connectivity index (χ1) is 16.8. The summed E-state index contributed by atoms with van der Waals surface area (Å²) in [6.07, 6.45) is 3.34. The lowest BCUT2D eigenvalue weighted by atomic mass is 10.1. The summed E-state index contributed by atoms with van der Waals surface area (Å²) in [7, 11) is 2.99. The van der Waals surface area contributed by atoms with E-state index in [1.54, 1.807) is 54.4 Å². The first kappa shape index (κ1) is 24.1. The minimum atomic E-state index is -0.599. The fourth-order valence-corrected chi connectivity index (χ4v) is 4.27. The zero-order valence-electron chi connectivity index (χ0n) is 19.6. The van der Waals surface area contributed by atoms with E-state index in [-0.39, 0.29) is 22.7 Å². The van der Waals surface area contributed by atoms with E-state index in [9.17, 15) is 9.59 Å². The number of benzene rings is 2. The van der Waals surface area contributed by atoms with Crippen LogP contribution in [-0.4, -0.2) is 48.6 Å². The Bertz CT molecular complexity index is 1310. The summed E-state index contributed by atoms with van der Waals surface area (Å²) < 4.78 is 21.7. The molecule has 0 radical (unpaired) electrons. The highest BCUT2D eigenvalue weighted by molar-refractivity contribution is 8.17. The van der Waals surface area contributed by atoms with Gasteiger partial charge in [0.1, 0.15) is 5.84 Å². The number of carbonyl (C=O) groups is 2. The van der Waals surface area contributed by atoms with Crippen molar-refractivity contribution in [1.82, 2.24) is 4.90 Å². The number of fused-ring (bicyclic) bond motifs is 1. The van der Waals surface area contributed by atoms with Crippen molar-refractivity contribution in [2.75, 3.05) is 20.8 Å². The molecule has 10 heteroatoms. The number of esters is 1. The number of nitrogens with zero attached hydrogens (tertiary/aromatic N) is 2. The molecular weight excluding hydrogens is 470 g/mol. The van der Waals surface area contributed by atoms with Gasteiger partial charge in [0.2, 0.25) is 0 Å². The third-order valence-electron chi connectivity index (χ3n) is 5.09. The molecule has 1 amide bonds. The highest BCUT2D eigenvalue weighted by Gasteiger charge is 2.32. The third kappa shape index (κ3) is 4.92. The number of aliphatic imine (C=N–C) groups is 1. The standard InChI is InChI=1S/C25H23N3O6S/c1-5-33-21-11-15(10-17-22(26)28-13-14(2)35-25(28)27-23(17)29)6-8-19(21)34-24(30)16-7-9-18(31-3)20(12-16)32-4/h6-13,26H,5H2,1-4H3/b17-10-,26-22?. The Hall–Kier alpha value is -4.05. The van der Waals surface area contributed by atoms with Crippen LogP contribution in [0.5, 0.6) is 23.0 Å². The van der Waals surface area contributed by atoms with Crippen molar-refractivity contribution in [1.29, 1.82) is 5.41 Å². The molecule has 35 heavy (non-hydrogen) atoms. The van der Waals surface area contributed by atoms with E-state index in [4.69, 9.17) is 24.4 Å². The number of amidine groups is 2. The molecule has 2 aromatic rings. The molecular formula is C25H23N3O6S. The molecule has 2 aliphatic rings. The van der Waals surface area contributed by atoms with E-state index < -0.39 is 11.9 Å². The van der Waals surface area contributed by atoms with Gasteiger partial charge in [0.25, 0.3) is 5.91 Å². The van der Waals surface area contributed by atoms with E-state index in [0.29, 0.717) is 34.6 Å². The Balaban J connectivity index is 1.61. The Morgan fingerprint density at radius 3 is 2.54 bits per heavy atom. The van der Waals surface area contributed by atoms with Gasteiger partial charge in [-0.1, -0.05) is 17.8 Å². The van der Waals surface area contributed by atoms with Crippen LogP contribution < -0.4 is 18.9 Å². The number of allylic oxidation sites excluding steroid dienone is 1. The van der Waals surface area contributed by atoms with Crippen LogP contribution in [0.3, 0.4) is 0 Å². The van der Waals surface area contributed by atoms with Crippen molar-refractivity contribution in [2.24, 2.45) is 4.99 Å². The lowest BCUT2D eigenvalue weighted by molar-refractivity contribution is -0.114. The van der Waals surface area contributed by atoms with Gasteiger partial charge in [0.05, 0.1) is 32.0 Å². The van der Waals surface area contributed by atoms with E-state index in [2.05, 4.69) is 4.99 Å². The second-order valence-corrected chi connectivity index (χ2v) is 8.63. The number of nitrogens with one attached hydrogen (secondary N) is 1. The molecule has 0 unspecified atom stereocenters. The van der Waals surface area contributed by atoms with Crippen LogP contribution in [0.15, 0.2) is 58.1 Å². The predicted molar refractivity (Wildman–Crippen MR) is 133 cm³/mol. The zero-order chi connectivity index (χ0) is 25.1. The van der Waals surface area contributed by atoms with Crippen molar-refractivity contribution in [2.45, 2.75) is 13.8 Å². The van der Waals surface area contributed by atoms with Crippen LogP contribution in [-0.2, 0) is 4.79 Å². The van der Waals surface area contributed by atoms with E-state index in [1.165, 1.54) is 32.0 Å². The fourth-order valence-electron chi connectivity index (χ4n) is 3.46. The summed E-state index contributed by atoms with van der Waals surface area (Å²) in [6.45, 7) is 4.03. The number of amides is 1. The minimum absolute atomic E-state index is 0.0475. The molecule has 2 aromatic carbocycles. The maximum absolute atomic E-state index is 12.8. The molecule has 0 aliphatic carbocycles. The summed E-state index contributed by atoms with van der Waals surface area (Å²) >= 11 is 1.35. The normalized spacial score (nSPS) is 16.0. The number of carbonyl (C=O) groups excluding carboxylic acids is 2. The molecule has 0 saturated carbocycles. The zero-order valence-corrected chi connectivity index (χ0v) is 20.4. The maximum Gasteiger partial charge on any atom is 0.343 e. The molecule has 4 rings (SSSR count). The van der Waals surface area contributed by atoms with Crippen molar-refractivity contribution in [3.05, 3.63) is 64.2 Å². The average molecular weight is 494 g/mol. The monoisotopic (exact) mass is 493 g/mol. The summed E-state index contributed by atoms with van der Waals surface area (Å²) in [5.74, 6) is 0.397. The molecule has 180 valence electrons. The molecule has 9 nitrogen and oxygen atoms in total. The van der Waals surface area contributed by atoms with Crippen molar-refractivity contribution in [3.63, 3.8) is 0 Å².